The topological polar surface area (TPSA) is 23.5 Å². The molecule has 1 aromatic carbocycles. The molecule has 2 nitrogen and oxygen atoms in total. The second kappa shape index (κ2) is 10.0. The summed E-state index contributed by atoms with van der Waals surface area (Å²) in [5.41, 5.74) is 0.279. The van der Waals surface area contributed by atoms with Gasteiger partial charge in [-0.25, -0.2) is 0 Å². The minimum Gasteiger partial charge on any atom is -0.385 e. The second-order valence-corrected chi connectivity index (χ2v) is 7.49. The molecule has 1 fully saturated rings. The van der Waals surface area contributed by atoms with Gasteiger partial charge in [-0.2, -0.15) is 0 Å². The molecule has 1 aliphatic carbocycles. The molecule has 0 saturated heterocycles. The van der Waals surface area contributed by atoms with Gasteiger partial charge in [-0.15, -0.1) is 12.4 Å². The molecule has 1 saturated carbocycles. The van der Waals surface area contributed by atoms with E-state index < -0.39 is 5.60 Å². The van der Waals surface area contributed by atoms with Gasteiger partial charge in [0.25, 0.3) is 0 Å². The van der Waals surface area contributed by atoms with Crippen molar-refractivity contribution in [3.63, 3.8) is 0 Å². The van der Waals surface area contributed by atoms with Crippen molar-refractivity contribution in [2.24, 2.45) is 11.8 Å². The quantitative estimate of drug-likeness (QED) is 0.680. The fourth-order valence-electron chi connectivity index (χ4n) is 4.19. The molecule has 2 atom stereocenters. The Bertz CT molecular complexity index is 469. The van der Waals surface area contributed by atoms with E-state index in [1.54, 1.807) is 0 Å². The number of hydrogen-bond donors (Lipinski definition) is 1. The van der Waals surface area contributed by atoms with Crippen molar-refractivity contribution in [1.82, 2.24) is 4.90 Å². The van der Waals surface area contributed by atoms with Gasteiger partial charge in [0.2, 0.25) is 0 Å². The fraction of sp³-hybridized carbons (Fsp3) is 0.700. The van der Waals surface area contributed by atoms with Gasteiger partial charge < -0.3 is 10.0 Å². The number of benzene rings is 1. The summed E-state index contributed by atoms with van der Waals surface area (Å²) in [5.74, 6) is 0.551. The van der Waals surface area contributed by atoms with Crippen LogP contribution in [0.15, 0.2) is 24.3 Å². The Labute approximate surface area is 159 Å². The Hall–Kier alpha value is -0.280. The maximum atomic E-state index is 11.8. The largest absolute Gasteiger partial charge is 0.385 e. The van der Waals surface area contributed by atoms with Crippen molar-refractivity contribution < 1.29 is 5.11 Å². The molecule has 138 valence electrons. The van der Waals surface area contributed by atoms with Gasteiger partial charge in [-0.3, -0.25) is 0 Å². The summed E-state index contributed by atoms with van der Waals surface area (Å²) in [5, 5.41) is 12.6. The lowest BCUT2D eigenvalue weighted by Crippen LogP contribution is -2.46. The third-order valence-electron chi connectivity index (χ3n) is 5.71. The minimum absolute atomic E-state index is 0. The van der Waals surface area contributed by atoms with Gasteiger partial charge in [0.05, 0.1) is 5.60 Å². The fourth-order valence-corrected chi connectivity index (χ4v) is 4.32. The monoisotopic (exact) mass is 373 g/mol. The highest BCUT2D eigenvalue weighted by atomic mass is 35.5. The molecule has 0 radical (unpaired) electrons. The zero-order valence-corrected chi connectivity index (χ0v) is 16.9. The molecular formula is C20H33Cl2NO. The number of aliphatic hydroxyl groups is 1. The van der Waals surface area contributed by atoms with Gasteiger partial charge in [-0.1, -0.05) is 63.8 Å². The van der Waals surface area contributed by atoms with Crippen molar-refractivity contribution in [2.45, 2.75) is 58.5 Å². The number of hydrogen-bond acceptors (Lipinski definition) is 2. The van der Waals surface area contributed by atoms with E-state index in [9.17, 15) is 5.11 Å². The third-order valence-corrected chi connectivity index (χ3v) is 5.96. The van der Waals surface area contributed by atoms with Crippen LogP contribution in [0.1, 0.15) is 58.4 Å². The molecule has 1 aromatic rings. The highest BCUT2D eigenvalue weighted by Gasteiger charge is 2.43. The van der Waals surface area contributed by atoms with Crippen LogP contribution in [0.2, 0.25) is 5.02 Å². The van der Waals surface area contributed by atoms with E-state index in [2.05, 4.69) is 25.7 Å². The van der Waals surface area contributed by atoms with E-state index >= 15 is 0 Å². The van der Waals surface area contributed by atoms with Crippen molar-refractivity contribution in [1.29, 1.82) is 0 Å². The second-order valence-electron chi connectivity index (χ2n) is 7.05. The van der Waals surface area contributed by atoms with Gasteiger partial charge in [-0.05, 0) is 49.5 Å². The smallest absolute Gasteiger partial charge is 0.0962 e. The van der Waals surface area contributed by atoms with E-state index in [4.69, 9.17) is 11.6 Å². The molecule has 1 N–H and O–H groups in total. The van der Waals surface area contributed by atoms with Crippen molar-refractivity contribution in [3.8, 4) is 0 Å². The Morgan fingerprint density at radius 2 is 1.67 bits per heavy atom. The molecule has 0 heterocycles. The van der Waals surface area contributed by atoms with Crippen LogP contribution in [0.25, 0.3) is 0 Å². The standard InChI is InChI=1S/C20H32ClNO.ClH/c1-4-22(5-2)15-16(3)20(23,17-9-7-6-8-10-17)18-11-13-19(21)14-12-18;/h11-14,16-17,23H,4-10,15H2,1-3H3;1H. The average Bonchev–Trinajstić information content (AvgIpc) is 2.60. The van der Waals surface area contributed by atoms with Crippen LogP contribution in [0.5, 0.6) is 0 Å². The molecule has 24 heavy (non-hydrogen) atoms. The minimum atomic E-state index is -0.756. The van der Waals surface area contributed by atoms with E-state index in [0.29, 0.717) is 5.92 Å². The Morgan fingerprint density at radius 1 is 1.12 bits per heavy atom. The van der Waals surface area contributed by atoms with E-state index in [0.717, 1.165) is 43.1 Å². The van der Waals surface area contributed by atoms with Gasteiger partial charge in [0, 0.05) is 17.5 Å². The van der Waals surface area contributed by atoms with Gasteiger partial charge in [0.15, 0.2) is 0 Å². The summed E-state index contributed by atoms with van der Waals surface area (Å²) in [6, 6.07) is 7.87. The first kappa shape index (κ1) is 21.8. The van der Waals surface area contributed by atoms with Crippen LogP contribution in [0.3, 0.4) is 0 Å². The van der Waals surface area contributed by atoms with Crippen LogP contribution in [0.4, 0.5) is 0 Å². The van der Waals surface area contributed by atoms with Crippen LogP contribution in [-0.2, 0) is 5.60 Å². The van der Waals surface area contributed by atoms with E-state index in [1.807, 2.05) is 24.3 Å². The van der Waals surface area contributed by atoms with Crippen LogP contribution >= 0.6 is 24.0 Å². The Morgan fingerprint density at radius 3 is 2.17 bits per heavy atom. The highest BCUT2D eigenvalue weighted by molar-refractivity contribution is 6.30. The number of nitrogens with zero attached hydrogens (tertiary/aromatic N) is 1. The predicted molar refractivity (Wildman–Crippen MR) is 106 cm³/mol. The van der Waals surface area contributed by atoms with Crippen molar-refractivity contribution in [3.05, 3.63) is 34.9 Å². The lowest BCUT2D eigenvalue weighted by atomic mass is 9.67. The van der Waals surface area contributed by atoms with Crippen molar-refractivity contribution in [2.75, 3.05) is 19.6 Å². The molecule has 2 rings (SSSR count). The zero-order valence-electron chi connectivity index (χ0n) is 15.3. The number of rotatable bonds is 7. The Kier molecular flexibility index (Phi) is 9.08. The third kappa shape index (κ3) is 4.88. The molecule has 4 heteroatoms. The molecule has 1 aliphatic rings. The van der Waals surface area contributed by atoms with Crippen LogP contribution in [-0.4, -0.2) is 29.6 Å². The number of halogens is 2. The van der Waals surface area contributed by atoms with Crippen molar-refractivity contribution >= 4 is 24.0 Å². The Balaban J connectivity index is 0.00000288. The first-order valence-electron chi connectivity index (χ1n) is 9.23. The summed E-state index contributed by atoms with van der Waals surface area (Å²) in [6.07, 6.45) is 6.03. The molecule has 0 aromatic heterocycles. The summed E-state index contributed by atoms with van der Waals surface area (Å²) in [7, 11) is 0. The zero-order chi connectivity index (χ0) is 16.9. The van der Waals surface area contributed by atoms with E-state index in [-0.39, 0.29) is 18.3 Å². The molecule has 0 amide bonds. The summed E-state index contributed by atoms with van der Waals surface area (Å²) < 4.78 is 0. The first-order valence-corrected chi connectivity index (χ1v) is 9.60. The van der Waals surface area contributed by atoms with Crippen LogP contribution < -0.4 is 0 Å². The maximum Gasteiger partial charge on any atom is 0.0962 e. The summed E-state index contributed by atoms with van der Waals surface area (Å²) >= 11 is 6.07. The normalized spacial score (nSPS) is 19.6. The van der Waals surface area contributed by atoms with Crippen LogP contribution in [0, 0.1) is 11.8 Å². The van der Waals surface area contributed by atoms with Gasteiger partial charge in [0.1, 0.15) is 0 Å². The molecule has 0 spiro atoms. The molecule has 0 bridgehead atoms. The summed E-state index contributed by atoms with van der Waals surface area (Å²) in [4.78, 5) is 2.41. The molecule has 2 unspecified atom stereocenters. The highest BCUT2D eigenvalue weighted by Crippen LogP contribution is 2.44. The van der Waals surface area contributed by atoms with E-state index in [1.165, 1.54) is 19.3 Å². The SMILES string of the molecule is CCN(CC)CC(C)C(O)(c1ccc(Cl)cc1)C1CCCCC1.Cl. The maximum absolute atomic E-state index is 11.8. The molecule has 0 aliphatic heterocycles. The average molecular weight is 374 g/mol. The predicted octanol–water partition coefficient (Wildman–Crippen LogP) is 5.51. The summed E-state index contributed by atoms with van der Waals surface area (Å²) in [6.45, 7) is 9.59. The lowest BCUT2D eigenvalue weighted by molar-refractivity contribution is -0.0903. The first-order chi connectivity index (χ1) is 11.0. The van der Waals surface area contributed by atoms with Gasteiger partial charge >= 0.3 is 0 Å². The lowest BCUT2D eigenvalue weighted by Gasteiger charge is -2.44. The molecular weight excluding hydrogens is 341 g/mol.